The van der Waals surface area contributed by atoms with Crippen molar-refractivity contribution in [2.45, 2.75) is 39.9 Å². The van der Waals surface area contributed by atoms with Gasteiger partial charge in [0.1, 0.15) is 0 Å². The molecule has 0 amide bonds. The molecular weight excluding hydrogens is 219 g/mol. The van der Waals surface area contributed by atoms with E-state index in [9.17, 15) is 18.0 Å². The minimum atomic E-state index is -4.80. The van der Waals surface area contributed by atoms with Crippen molar-refractivity contribution in [3.05, 3.63) is 23.0 Å². The van der Waals surface area contributed by atoms with Gasteiger partial charge in [0.2, 0.25) is 0 Å². The molecule has 0 spiro atoms. The quantitative estimate of drug-likeness (QED) is 0.734. The first-order chi connectivity index (χ1) is 7.29. The molecule has 0 aliphatic heterocycles. The molecule has 0 atom stereocenters. The summed E-state index contributed by atoms with van der Waals surface area (Å²) in [5.41, 5.74) is 0.840. The van der Waals surface area contributed by atoms with Crippen LogP contribution in [0.3, 0.4) is 0 Å². The Kier molecular flexibility index (Phi) is 3.45. The first-order valence-corrected chi connectivity index (χ1v) is 5.07. The lowest BCUT2D eigenvalue weighted by Gasteiger charge is -2.08. The number of hydrogen-bond acceptors (Lipinski definition) is 1. The number of aryl methyl sites for hydroxylation is 1. The van der Waals surface area contributed by atoms with Crippen molar-refractivity contribution in [1.82, 2.24) is 4.57 Å². The zero-order valence-electron chi connectivity index (χ0n) is 9.48. The van der Waals surface area contributed by atoms with Crippen LogP contribution in [-0.4, -0.2) is 16.5 Å². The molecule has 1 rings (SSSR count). The summed E-state index contributed by atoms with van der Waals surface area (Å²) in [6, 6.07) is 1.31. The topological polar surface area (TPSA) is 22.0 Å². The van der Waals surface area contributed by atoms with Crippen LogP contribution in [-0.2, 0) is 6.54 Å². The van der Waals surface area contributed by atoms with Gasteiger partial charge in [-0.3, -0.25) is 4.79 Å². The summed E-state index contributed by atoms with van der Waals surface area (Å²) in [6.45, 7) is 5.81. The SMILES string of the molecule is CCCn1c(C)cc(C(=O)C(F)(F)F)c1C. The van der Waals surface area contributed by atoms with Crippen LogP contribution in [0.1, 0.15) is 35.1 Å². The summed E-state index contributed by atoms with van der Waals surface area (Å²) in [7, 11) is 0. The van der Waals surface area contributed by atoms with Crippen molar-refractivity contribution >= 4 is 5.78 Å². The van der Waals surface area contributed by atoms with Gasteiger partial charge in [0.05, 0.1) is 0 Å². The summed E-state index contributed by atoms with van der Waals surface area (Å²) in [5, 5.41) is 0. The highest BCUT2D eigenvalue weighted by atomic mass is 19.4. The number of carbonyl (C=O) groups excluding carboxylic acids is 1. The maximum absolute atomic E-state index is 12.3. The number of Topliss-reactive ketones (excluding diaryl/α,β-unsaturated/α-hetero) is 1. The lowest BCUT2D eigenvalue weighted by atomic mass is 10.1. The van der Waals surface area contributed by atoms with Crippen LogP contribution >= 0.6 is 0 Å². The fourth-order valence-corrected chi connectivity index (χ4v) is 1.75. The Bertz CT molecular complexity index is 404. The second-order valence-corrected chi connectivity index (χ2v) is 3.76. The highest BCUT2D eigenvalue weighted by Gasteiger charge is 2.40. The molecule has 0 radical (unpaired) electrons. The van der Waals surface area contributed by atoms with E-state index in [1.807, 2.05) is 6.92 Å². The minimum absolute atomic E-state index is 0.238. The van der Waals surface area contributed by atoms with Gasteiger partial charge in [-0.15, -0.1) is 0 Å². The average molecular weight is 233 g/mol. The van der Waals surface area contributed by atoms with E-state index in [1.165, 1.54) is 6.07 Å². The van der Waals surface area contributed by atoms with E-state index in [-0.39, 0.29) is 5.56 Å². The van der Waals surface area contributed by atoms with Crippen LogP contribution in [0.15, 0.2) is 6.07 Å². The summed E-state index contributed by atoms with van der Waals surface area (Å²) >= 11 is 0. The lowest BCUT2D eigenvalue weighted by molar-refractivity contribution is -0.0885. The van der Waals surface area contributed by atoms with E-state index in [4.69, 9.17) is 0 Å². The molecule has 0 aromatic carbocycles. The van der Waals surface area contributed by atoms with Gasteiger partial charge in [-0.2, -0.15) is 13.2 Å². The van der Waals surface area contributed by atoms with Crippen molar-refractivity contribution in [3.8, 4) is 0 Å². The zero-order chi connectivity index (χ0) is 12.5. The molecule has 0 saturated carbocycles. The second kappa shape index (κ2) is 4.31. The number of rotatable bonds is 3. The van der Waals surface area contributed by atoms with Crippen LogP contribution in [0, 0.1) is 13.8 Å². The number of hydrogen-bond donors (Lipinski definition) is 0. The Morgan fingerprint density at radius 3 is 2.38 bits per heavy atom. The number of nitrogens with zero attached hydrogens (tertiary/aromatic N) is 1. The van der Waals surface area contributed by atoms with Gasteiger partial charge in [-0.25, -0.2) is 0 Å². The summed E-state index contributed by atoms with van der Waals surface area (Å²) in [5.74, 6) is -1.76. The normalized spacial score (nSPS) is 11.9. The molecule has 0 fully saturated rings. The highest BCUT2D eigenvalue weighted by Crippen LogP contribution is 2.25. The Balaban J connectivity index is 3.17. The fraction of sp³-hybridized carbons (Fsp3) is 0.545. The minimum Gasteiger partial charge on any atom is -0.348 e. The molecule has 1 heterocycles. The number of ketones is 1. The molecule has 16 heavy (non-hydrogen) atoms. The molecule has 90 valence electrons. The van der Waals surface area contributed by atoms with Crippen molar-refractivity contribution < 1.29 is 18.0 Å². The van der Waals surface area contributed by atoms with Crippen LogP contribution in [0.25, 0.3) is 0 Å². The van der Waals surface area contributed by atoms with Gasteiger partial charge >= 0.3 is 6.18 Å². The third kappa shape index (κ3) is 2.28. The highest BCUT2D eigenvalue weighted by molar-refractivity contribution is 6.01. The van der Waals surface area contributed by atoms with Crippen molar-refractivity contribution in [2.24, 2.45) is 0 Å². The van der Waals surface area contributed by atoms with Crippen molar-refractivity contribution in [1.29, 1.82) is 0 Å². The predicted octanol–water partition coefficient (Wildman–Crippen LogP) is 3.26. The van der Waals surface area contributed by atoms with Crippen LogP contribution in [0.2, 0.25) is 0 Å². The van der Waals surface area contributed by atoms with Crippen LogP contribution < -0.4 is 0 Å². The molecule has 0 N–H and O–H groups in total. The Labute approximate surface area is 92.1 Å². The van der Waals surface area contributed by atoms with E-state index in [0.717, 1.165) is 6.42 Å². The van der Waals surface area contributed by atoms with E-state index in [1.54, 1.807) is 18.4 Å². The third-order valence-electron chi connectivity index (χ3n) is 2.52. The molecule has 0 unspecified atom stereocenters. The standard InChI is InChI=1S/C11H14F3NO/c1-4-5-15-7(2)6-9(8(15)3)10(16)11(12,13)14/h6H,4-5H2,1-3H3. The molecule has 0 aliphatic rings. The van der Waals surface area contributed by atoms with Gasteiger partial charge in [0.15, 0.2) is 0 Å². The molecule has 5 heteroatoms. The van der Waals surface area contributed by atoms with Gasteiger partial charge < -0.3 is 4.57 Å². The van der Waals surface area contributed by atoms with Crippen molar-refractivity contribution in [3.63, 3.8) is 0 Å². The van der Waals surface area contributed by atoms with E-state index < -0.39 is 12.0 Å². The maximum atomic E-state index is 12.3. The first kappa shape index (κ1) is 12.8. The zero-order valence-corrected chi connectivity index (χ0v) is 9.48. The van der Waals surface area contributed by atoms with Gasteiger partial charge in [0, 0.05) is 23.5 Å². The van der Waals surface area contributed by atoms with Crippen LogP contribution in [0.4, 0.5) is 13.2 Å². The Hall–Kier alpha value is -1.26. The largest absolute Gasteiger partial charge is 0.454 e. The number of aromatic nitrogens is 1. The first-order valence-electron chi connectivity index (χ1n) is 5.07. The molecule has 2 nitrogen and oxygen atoms in total. The van der Waals surface area contributed by atoms with Gasteiger partial charge in [0.25, 0.3) is 5.78 Å². The van der Waals surface area contributed by atoms with Crippen molar-refractivity contribution in [2.75, 3.05) is 0 Å². The molecule has 1 aromatic heterocycles. The smallest absolute Gasteiger partial charge is 0.348 e. The predicted molar refractivity (Wildman–Crippen MR) is 54.6 cm³/mol. The van der Waals surface area contributed by atoms with E-state index in [0.29, 0.717) is 17.9 Å². The third-order valence-corrected chi connectivity index (χ3v) is 2.52. The Morgan fingerprint density at radius 1 is 1.38 bits per heavy atom. The van der Waals surface area contributed by atoms with E-state index in [2.05, 4.69) is 0 Å². The summed E-state index contributed by atoms with van der Waals surface area (Å²) < 4.78 is 38.6. The second-order valence-electron chi connectivity index (χ2n) is 3.76. The Morgan fingerprint density at radius 2 is 1.94 bits per heavy atom. The number of halogens is 3. The van der Waals surface area contributed by atoms with Gasteiger partial charge in [-0.1, -0.05) is 6.92 Å². The summed E-state index contributed by atoms with van der Waals surface area (Å²) in [4.78, 5) is 11.1. The molecule has 1 aromatic rings. The fourth-order valence-electron chi connectivity index (χ4n) is 1.75. The average Bonchev–Trinajstić information content (AvgIpc) is 2.43. The molecular formula is C11H14F3NO. The van der Waals surface area contributed by atoms with Gasteiger partial charge in [-0.05, 0) is 26.3 Å². The summed E-state index contributed by atoms with van der Waals surface area (Å²) in [6.07, 6.45) is -3.98. The lowest BCUT2D eigenvalue weighted by Crippen LogP contribution is -2.23. The van der Waals surface area contributed by atoms with Crippen LogP contribution in [0.5, 0.6) is 0 Å². The number of carbonyl (C=O) groups is 1. The monoisotopic (exact) mass is 233 g/mol. The molecule has 0 aliphatic carbocycles. The molecule has 0 bridgehead atoms. The molecule has 0 saturated heterocycles. The maximum Gasteiger partial charge on any atom is 0.454 e. The number of alkyl halides is 3. The van der Waals surface area contributed by atoms with E-state index >= 15 is 0 Å².